The van der Waals surface area contributed by atoms with Crippen LogP contribution >= 0.6 is 0 Å². The first kappa shape index (κ1) is 21.7. The minimum absolute atomic E-state index is 0.0277. The van der Waals surface area contributed by atoms with Crippen molar-refractivity contribution < 1.29 is 13.5 Å². The van der Waals surface area contributed by atoms with E-state index in [1.54, 1.807) is 36.3 Å². The molecule has 0 aliphatic heterocycles. The molecule has 2 aromatic carbocycles. The van der Waals surface area contributed by atoms with Gasteiger partial charge in [0, 0.05) is 13.6 Å². The molecule has 4 aromatic rings. The molecule has 0 amide bonds. The number of para-hydroxylation sites is 1. The lowest BCUT2D eigenvalue weighted by Gasteiger charge is -2.16. The summed E-state index contributed by atoms with van der Waals surface area (Å²) in [6.07, 6.45) is 3.55. The summed E-state index contributed by atoms with van der Waals surface area (Å²) in [7, 11) is 3.26. The zero-order valence-electron chi connectivity index (χ0n) is 18.6. The highest BCUT2D eigenvalue weighted by molar-refractivity contribution is 5.78. The Morgan fingerprint density at radius 2 is 1.82 bits per heavy atom. The van der Waals surface area contributed by atoms with Gasteiger partial charge in [-0.1, -0.05) is 12.1 Å². The normalized spacial score (nSPS) is 13.2. The maximum absolute atomic E-state index is 14.5. The third-order valence-corrected chi connectivity index (χ3v) is 5.65. The maximum Gasteiger partial charge on any atom is 0.290 e. The van der Waals surface area contributed by atoms with Crippen LogP contribution in [0.5, 0.6) is 5.75 Å². The van der Waals surface area contributed by atoms with E-state index in [1.807, 2.05) is 0 Å². The number of aryl methyl sites for hydroxylation is 1. The lowest BCUT2D eigenvalue weighted by atomic mass is 10.1. The summed E-state index contributed by atoms with van der Waals surface area (Å²) in [6.45, 7) is 0.381. The van der Waals surface area contributed by atoms with Gasteiger partial charge in [-0.25, -0.2) is 18.4 Å². The number of nitrogens with zero attached hydrogens (tertiary/aromatic N) is 5. The van der Waals surface area contributed by atoms with Crippen molar-refractivity contribution in [3.8, 4) is 28.4 Å². The van der Waals surface area contributed by atoms with Gasteiger partial charge in [0.1, 0.15) is 23.6 Å². The van der Waals surface area contributed by atoms with Gasteiger partial charge in [0.2, 0.25) is 0 Å². The summed E-state index contributed by atoms with van der Waals surface area (Å²) < 4.78 is 37.5. The molecular weight excluding hydrogens is 442 g/mol. The van der Waals surface area contributed by atoms with Crippen LogP contribution in [0, 0.1) is 17.6 Å². The summed E-state index contributed by atoms with van der Waals surface area (Å²) in [5, 5.41) is 11.7. The molecule has 0 radical (unpaired) electrons. The number of aromatic nitrogens is 5. The quantitative estimate of drug-likeness (QED) is 0.442. The molecule has 8 nitrogen and oxygen atoms in total. The van der Waals surface area contributed by atoms with Gasteiger partial charge >= 0.3 is 0 Å². The maximum atomic E-state index is 14.5. The van der Waals surface area contributed by atoms with Gasteiger partial charge in [0.15, 0.2) is 11.6 Å². The standard InChI is InChI=1S/C24H22F2N6O2/c1-31-13-27-23(30-31)15-5-3-8-18(22(15)34-2)28-20-11-19(21-16(25)6-4-7-17(21)26)29-32(24(20)33)12-14-9-10-14/h3-8,11,13-14,28H,9-10,12H2,1-2H3. The van der Waals surface area contributed by atoms with Crippen molar-refractivity contribution in [2.75, 3.05) is 12.4 Å². The monoisotopic (exact) mass is 464 g/mol. The molecule has 0 unspecified atom stereocenters. The molecule has 0 bridgehead atoms. The van der Waals surface area contributed by atoms with Crippen LogP contribution in [0.2, 0.25) is 0 Å². The van der Waals surface area contributed by atoms with E-state index in [0.29, 0.717) is 35.3 Å². The van der Waals surface area contributed by atoms with Gasteiger partial charge in [-0.3, -0.25) is 9.48 Å². The summed E-state index contributed by atoms with van der Waals surface area (Å²) in [5.74, 6) is -0.297. The summed E-state index contributed by atoms with van der Waals surface area (Å²) in [5.41, 5.74) is 0.580. The number of ether oxygens (including phenoxy) is 1. The molecular formula is C24H22F2N6O2. The van der Waals surface area contributed by atoms with Gasteiger partial charge in [-0.15, -0.1) is 0 Å². The fourth-order valence-electron chi connectivity index (χ4n) is 3.80. The van der Waals surface area contributed by atoms with Crippen LogP contribution in [-0.4, -0.2) is 31.7 Å². The fraction of sp³-hybridized carbons (Fsp3) is 0.250. The topological polar surface area (TPSA) is 86.9 Å². The fourth-order valence-corrected chi connectivity index (χ4v) is 3.80. The van der Waals surface area contributed by atoms with Crippen LogP contribution in [-0.2, 0) is 13.6 Å². The van der Waals surface area contributed by atoms with Gasteiger partial charge in [-0.2, -0.15) is 10.2 Å². The molecule has 2 heterocycles. The number of rotatable bonds is 7. The SMILES string of the molecule is COc1c(Nc2cc(-c3c(F)cccc3F)nn(CC3CC3)c2=O)cccc1-c1ncn(C)n1. The van der Waals surface area contributed by atoms with E-state index >= 15 is 0 Å². The highest BCUT2D eigenvalue weighted by Crippen LogP contribution is 2.37. The van der Waals surface area contributed by atoms with Crippen molar-refractivity contribution in [1.29, 1.82) is 0 Å². The lowest BCUT2D eigenvalue weighted by Crippen LogP contribution is -2.26. The molecule has 174 valence electrons. The average molecular weight is 464 g/mol. The van der Waals surface area contributed by atoms with Crippen molar-refractivity contribution in [3.63, 3.8) is 0 Å². The highest BCUT2D eigenvalue weighted by Gasteiger charge is 2.25. The Morgan fingerprint density at radius 3 is 2.47 bits per heavy atom. The van der Waals surface area contributed by atoms with Crippen molar-refractivity contribution in [1.82, 2.24) is 24.5 Å². The molecule has 2 aromatic heterocycles. The molecule has 5 rings (SSSR count). The molecule has 1 aliphatic carbocycles. The van der Waals surface area contributed by atoms with Crippen LogP contribution in [0.25, 0.3) is 22.6 Å². The Hall–Kier alpha value is -4.08. The number of benzene rings is 2. The second-order valence-electron chi connectivity index (χ2n) is 8.22. The lowest BCUT2D eigenvalue weighted by molar-refractivity contribution is 0.418. The van der Waals surface area contributed by atoms with Crippen molar-refractivity contribution in [2.24, 2.45) is 13.0 Å². The summed E-state index contributed by atoms with van der Waals surface area (Å²) >= 11 is 0. The predicted molar refractivity (Wildman–Crippen MR) is 123 cm³/mol. The Bertz CT molecular complexity index is 1410. The molecule has 34 heavy (non-hydrogen) atoms. The molecule has 1 saturated carbocycles. The molecule has 0 saturated heterocycles. The van der Waals surface area contributed by atoms with E-state index in [-0.39, 0.29) is 16.9 Å². The predicted octanol–water partition coefficient (Wildman–Crippen LogP) is 4.15. The van der Waals surface area contributed by atoms with Crippen molar-refractivity contribution in [2.45, 2.75) is 19.4 Å². The molecule has 1 fully saturated rings. The highest BCUT2D eigenvalue weighted by atomic mass is 19.1. The number of hydrogen-bond acceptors (Lipinski definition) is 6. The second-order valence-corrected chi connectivity index (χ2v) is 8.22. The van der Waals surface area contributed by atoms with Crippen LogP contribution in [0.3, 0.4) is 0 Å². The zero-order valence-corrected chi connectivity index (χ0v) is 18.6. The van der Waals surface area contributed by atoms with Crippen LogP contribution in [0.1, 0.15) is 12.8 Å². The van der Waals surface area contributed by atoms with Crippen molar-refractivity contribution >= 4 is 11.4 Å². The van der Waals surface area contributed by atoms with Gasteiger partial charge in [0.05, 0.1) is 29.6 Å². The van der Waals surface area contributed by atoms with Crippen LogP contribution < -0.4 is 15.6 Å². The first-order valence-corrected chi connectivity index (χ1v) is 10.8. The van der Waals surface area contributed by atoms with E-state index in [9.17, 15) is 13.6 Å². The Morgan fingerprint density at radius 1 is 1.09 bits per heavy atom. The molecule has 1 N–H and O–H groups in total. The van der Waals surface area contributed by atoms with Crippen molar-refractivity contribution in [3.05, 3.63) is 70.8 Å². The Kier molecular flexibility index (Phi) is 5.56. The molecule has 0 atom stereocenters. The minimum atomic E-state index is -0.754. The van der Waals surface area contributed by atoms with E-state index < -0.39 is 17.2 Å². The number of hydrogen-bond donors (Lipinski definition) is 1. The number of methoxy groups -OCH3 is 1. The molecule has 1 aliphatic rings. The smallest absolute Gasteiger partial charge is 0.290 e. The zero-order chi connectivity index (χ0) is 23.8. The largest absolute Gasteiger partial charge is 0.494 e. The third-order valence-electron chi connectivity index (χ3n) is 5.65. The second kappa shape index (κ2) is 8.69. The van der Waals surface area contributed by atoms with Gasteiger partial charge < -0.3 is 10.1 Å². The number of anilines is 2. The van der Waals surface area contributed by atoms with Crippen LogP contribution in [0.4, 0.5) is 20.2 Å². The van der Waals surface area contributed by atoms with E-state index in [4.69, 9.17) is 4.74 Å². The minimum Gasteiger partial charge on any atom is -0.494 e. The Balaban J connectivity index is 1.62. The number of halogens is 2. The number of nitrogens with one attached hydrogen (secondary N) is 1. The third kappa shape index (κ3) is 4.14. The van der Waals surface area contributed by atoms with Crippen LogP contribution in [0.15, 0.2) is 53.6 Å². The summed E-state index contributed by atoms with van der Waals surface area (Å²) in [4.78, 5) is 17.5. The molecule has 10 heteroatoms. The van der Waals surface area contributed by atoms with Gasteiger partial charge in [0.25, 0.3) is 5.56 Å². The Labute approximate surface area is 193 Å². The van der Waals surface area contributed by atoms with E-state index in [1.165, 1.54) is 23.9 Å². The first-order valence-electron chi connectivity index (χ1n) is 10.8. The molecule has 0 spiro atoms. The van der Waals surface area contributed by atoms with E-state index in [0.717, 1.165) is 25.0 Å². The summed E-state index contributed by atoms with van der Waals surface area (Å²) in [6, 6.07) is 10.3. The van der Waals surface area contributed by atoms with E-state index in [2.05, 4.69) is 20.5 Å². The first-order chi connectivity index (χ1) is 16.4. The average Bonchev–Trinajstić information content (AvgIpc) is 3.53. The van der Waals surface area contributed by atoms with Gasteiger partial charge in [-0.05, 0) is 49.1 Å².